The van der Waals surface area contributed by atoms with Crippen molar-refractivity contribution in [1.82, 2.24) is 4.90 Å². The number of amides is 2. The number of rotatable bonds is 4. The minimum atomic E-state index is -1.07. The van der Waals surface area contributed by atoms with Crippen molar-refractivity contribution >= 4 is 17.8 Å². The predicted octanol–water partition coefficient (Wildman–Crippen LogP) is 3.35. The van der Waals surface area contributed by atoms with E-state index in [1.807, 2.05) is 51.1 Å². The zero-order chi connectivity index (χ0) is 22.3. The zero-order valence-electron chi connectivity index (χ0n) is 18.1. The molecular formula is C26H26NO4-. The summed E-state index contributed by atoms with van der Waals surface area (Å²) in [6.07, 6.45) is 3.13. The molecular weight excluding hydrogens is 390 g/mol. The van der Waals surface area contributed by atoms with Gasteiger partial charge in [0.15, 0.2) is 0 Å². The van der Waals surface area contributed by atoms with Gasteiger partial charge in [-0.25, -0.2) is 0 Å². The van der Waals surface area contributed by atoms with E-state index < -0.39 is 17.3 Å². The average molecular weight is 416 g/mol. The van der Waals surface area contributed by atoms with E-state index in [2.05, 4.69) is 0 Å². The molecule has 0 fully saturated rings. The summed E-state index contributed by atoms with van der Waals surface area (Å²) < 4.78 is 0. The number of nitrogens with zero attached hydrogens (tertiary/aromatic N) is 1. The van der Waals surface area contributed by atoms with Gasteiger partial charge < -0.3 is 9.90 Å². The highest BCUT2D eigenvalue weighted by atomic mass is 16.4. The van der Waals surface area contributed by atoms with Crippen LogP contribution in [0.1, 0.15) is 65.0 Å². The minimum absolute atomic E-state index is 0.167. The van der Waals surface area contributed by atoms with E-state index in [1.54, 1.807) is 24.3 Å². The van der Waals surface area contributed by atoms with Crippen LogP contribution in [0.2, 0.25) is 0 Å². The summed E-state index contributed by atoms with van der Waals surface area (Å²) in [6, 6.07) is 14.7. The fourth-order valence-corrected chi connectivity index (χ4v) is 4.95. The molecule has 5 heteroatoms. The lowest BCUT2D eigenvalue weighted by molar-refractivity contribution is -0.315. The van der Waals surface area contributed by atoms with Gasteiger partial charge in [-0.05, 0) is 47.4 Å². The molecule has 0 radical (unpaired) electrons. The van der Waals surface area contributed by atoms with Crippen LogP contribution in [0.4, 0.5) is 0 Å². The third-order valence-electron chi connectivity index (χ3n) is 6.38. The van der Waals surface area contributed by atoms with Crippen molar-refractivity contribution in [3.63, 3.8) is 0 Å². The summed E-state index contributed by atoms with van der Waals surface area (Å²) in [7, 11) is 0. The quantitative estimate of drug-likeness (QED) is 0.566. The minimum Gasteiger partial charge on any atom is -0.550 e. The summed E-state index contributed by atoms with van der Waals surface area (Å²) in [4.78, 5) is 39.2. The number of carboxylic acid groups (broad SMARTS) is 1. The summed E-state index contributed by atoms with van der Waals surface area (Å²) in [5.74, 6) is -2.68. The second-order valence-corrected chi connectivity index (χ2v) is 9.48. The SMILES string of the molecule is CC(C)(C)C(C(=O)[O-])C1CC(CN2C(=O)c3ccccc3C2=O)=CCc2ccccc21. The summed E-state index contributed by atoms with van der Waals surface area (Å²) in [6.45, 7) is 5.90. The fourth-order valence-electron chi connectivity index (χ4n) is 4.95. The molecule has 2 amide bonds. The first-order valence-electron chi connectivity index (χ1n) is 10.6. The van der Waals surface area contributed by atoms with Gasteiger partial charge in [0, 0.05) is 11.9 Å². The van der Waals surface area contributed by atoms with Gasteiger partial charge in [0.25, 0.3) is 11.8 Å². The van der Waals surface area contributed by atoms with E-state index in [0.717, 1.165) is 16.7 Å². The summed E-state index contributed by atoms with van der Waals surface area (Å²) >= 11 is 0. The molecule has 1 aliphatic heterocycles. The van der Waals surface area contributed by atoms with Gasteiger partial charge in [-0.1, -0.05) is 68.8 Å². The van der Waals surface area contributed by atoms with Crippen LogP contribution < -0.4 is 5.11 Å². The Morgan fingerprint density at radius 2 is 1.61 bits per heavy atom. The lowest BCUT2D eigenvalue weighted by Crippen LogP contribution is -2.43. The summed E-state index contributed by atoms with van der Waals surface area (Å²) in [5, 5.41) is 12.2. The lowest BCUT2D eigenvalue weighted by atomic mass is 9.68. The second kappa shape index (κ2) is 7.80. The Hall–Kier alpha value is -3.21. The predicted molar refractivity (Wildman–Crippen MR) is 115 cm³/mol. The molecule has 2 aromatic rings. The van der Waals surface area contributed by atoms with Gasteiger partial charge in [-0.2, -0.15) is 0 Å². The maximum absolute atomic E-state index is 12.8. The molecule has 2 aromatic carbocycles. The monoisotopic (exact) mass is 416 g/mol. The maximum Gasteiger partial charge on any atom is 0.261 e. The van der Waals surface area contributed by atoms with E-state index in [0.29, 0.717) is 24.0 Å². The molecule has 31 heavy (non-hydrogen) atoms. The molecule has 0 aromatic heterocycles. The number of fused-ring (bicyclic) bond motifs is 2. The Morgan fingerprint density at radius 1 is 1.03 bits per heavy atom. The molecule has 0 saturated heterocycles. The van der Waals surface area contributed by atoms with E-state index in [1.165, 1.54) is 4.90 Å². The van der Waals surface area contributed by atoms with Crippen LogP contribution in [-0.4, -0.2) is 29.2 Å². The van der Waals surface area contributed by atoms with E-state index in [-0.39, 0.29) is 24.3 Å². The smallest absolute Gasteiger partial charge is 0.261 e. The fraction of sp³-hybridized carbons (Fsp3) is 0.346. The summed E-state index contributed by atoms with van der Waals surface area (Å²) in [5.41, 5.74) is 3.29. The first-order valence-corrected chi connectivity index (χ1v) is 10.6. The van der Waals surface area contributed by atoms with Crippen LogP contribution in [0, 0.1) is 11.3 Å². The van der Waals surface area contributed by atoms with Crippen LogP contribution >= 0.6 is 0 Å². The number of hydrogen-bond donors (Lipinski definition) is 0. The zero-order valence-corrected chi connectivity index (χ0v) is 18.1. The molecule has 4 rings (SSSR count). The Bertz CT molecular complexity index is 1060. The molecule has 2 unspecified atom stereocenters. The highest BCUT2D eigenvalue weighted by Gasteiger charge is 2.39. The molecule has 0 spiro atoms. The van der Waals surface area contributed by atoms with Gasteiger partial charge in [0.1, 0.15) is 0 Å². The van der Waals surface area contributed by atoms with Gasteiger partial charge in [0.05, 0.1) is 17.7 Å². The van der Waals surface area contributed by atoms with Crippen molar-refractivity contribution < 1.29 is 19.5 Å². The van der Waals surface area contributed by atoms with Crippen molar-refractivity contribution in [2.75, 3.05) is 6.54 Å². The van der Waals surface area contributed by atoms with Crippen molar-refractivity contribution in [2.45, 2.75) is 39.5 Å². The molecule has 1 aliphatic carbocycles. The first-order chi connectivity index (χ1) is 14.7. The van der Waals surface area contributed by atoms with Gasteiger partial charge in [-0.3, -0.25) is 14.5 Å². The highest BCUT2D eigenvalue weighted by molar-refractivity contribution is 6.21. The Kier molecular flexibility index (Phi) is 5.29. The van der Waals surface area contributed by atoms with Crippen LogP contribution in [0.5, 0.6) is 0 Å². The van der Waals surface area contributed by atoms with Crippen molar-refractivity contribution in [2.24, 2.45) is 11.3 Å². The molecule has 160 valence electrons. The van der Waals surface area contributed by atoms with E-state index >= 15 is 0 Å². The molecule has 5 nitrogen and oxygen atoms in total. The van der Waals surface area contributed by atoms with Crippen molar-refractivity contribution in [3.05, 3.63) is 82.4 Å². The topological polar surface area (TPSA) is 77.5 Å². The Labute approximate surface area is 182 Å². The van der Waals surface area contributed by atoms with Gasteiger partial charge in [-0.15, -0.1) is 0 Å². The second-order valence-electron chi connectivity index (χ2n) is 9.48. The van der Waals surface area contributed by atoms with Crippen LogP contribution in [0.3, 0.4) is 0 Å². The number of carbonyl (C=O) groups excluding carboxylic acids is 3. The number of benzene rings is 2. The van der Waals surface area contributed by atoms with Gasteiger partial charge >= 0.3 is 0 Å². The normalized spacial score (nSPS) is 19.4. The van der Waals surface area contributed by atoms with Gasteiger partial charge in [0.2, 0.25) is 0 Å². The number of allylic oxidation sites excluding steroid dienone is 1. The molecule has 0 bridgehead atoms. The first kappa shape index (κ1) is 21.0. The van der Waals surface area contributed by atoms with Crippen molar-refractivity contribution in [1.29, 1.82) is 0 Å². The van der Waals surface area contributed by atoms with E-state index in [9.17, 15) is 19.5 Å². The van der Waals surface area contributed by atoms with Crippen molar-refractivity contribution in [3.8, 4) is 0 Å². The molecule has 2 aliphatic rings. The maximum atomic E-state index is 12.8. The Balaban J connectivity index is 1.68. The van der Waals surface area contributed by atoms with Crippen LogP contribution in [0.15, 0.2) is 60.2 Å². The molecule has 2 atom stereocenters. The molecule has 0 N–H and O–H groups in total. The average Bonchev–Trinajstić information content (AvgIpc) is 2.85. The van der Waals surface area contributed by atoms with E-state index in [4.69, 9.17) is 0 Å². The number of aliphatic carboxylic acids is 1. The third-order valence-corrected chi connectivity index (χ3v) is 6.38. The number of imide groups is 1. The Morgan fingerprint density at radius 3 is 2.19 bits per heavy atom. The standard InChI is InChI=1S/C26H27NO4/c1-26(2,3)22(25(30)31)21-14-16(12-13-17-8-4-5-9-18(17)21)15-27-23(28)19-10-6-7-11-20(19)24(27)29/h4-12,21-22H,13-15H2,1-3H3,(H,30,31)/p-1. The largest absolute Gasteiger partial charge is 0.550 e. The highest BCUT2D eigenvalue weighted by Crippen LogP contribution is 2.44. The molecule has 0 saturated carbocycles. The molecule has 1 heterocycles. The number of carboxylic acids is 1. The van der Waals surface area contributed by atoms with Crippen LogP contribution in [0.25, 0.3) is 0 Å². The van der Waals surface area contributed by atoms with Crippen LogP contribution in [-0.2, 0) is 11.2 Å². The number of carbonyl (C=O) groups is 3. The number of hydrogen-bond acceptors (Lipinski definition) is 4. The lowest BCUT2D eigenvalue weighted by Gasteiger charge is -2.39. The third kappa shape index (κ3) is 3.80.